The molecule has 3 aromatic carbocycles. The third-order valence-electron chi connectivity index (χ3n) is 7.36. The molecule has 12 heteroatoms. The fourth-order valence-corrected chi connectivity index (χ4v) is 6.32. The lowest BCUT2D eigenvalue weighted by Crippen LogP contribution is -2.52. The molecule has 0 fully saturated rings. The van der Waals surface area contributed by atoms with E-state index in [4.69, 9.17) is 5.84 Å². The Morgan fingerprint density at radius 1 is 1.16 bits per heavy atom. The number of nitrogens with zero attached hydrogens (tertiary/aromatic N) is 2. The fraction of sp³-hybridized carbons (Fsp3) is 0.344. The number of carbonyl (C=O) groups excluding carboxylic acids is 3. The predicted molar refractivity (Wildman–Crippen MR) is 167 cm³/mol. The largest absolute Gasteiger partial charge is 0.394 e. The minimum Gasteiger partial charge on any atom is -0.394 e. The number of nitrogens with two attached hydrogens (primary N) is 1. The first kappa shape index (κ1) is 32.9. The van der Waals surface area contributed by atoms with E-state index in [1.165, 1.54) is 12.1 Å². The molecule has 0 aromatic heterocycles. The standard InChI is InChI=1S/C32H38FN5O5S/c1-32(2,15-24(40)19-39)16-28(41)38(34)30-29(42)37(18-22-12-13-23(33)14-27(22)44-30)17-20-8-10-21(11-9-20)25-6-4-5-7-26(25)36-31(43)35-3/h4-14,24,30,39-40H,15-19,34H2,1-3H3,(H2,35,36,43)/t24-,30+/m0/s1. The van der Waals surface area contributed by atoms with Gasteiger partial charge in [0, 0.05) is 37.0 Å². The van der Waals surface area contributed by atoms with Crippen LogP contribution in [0.1, 0.15) is 37.8 Å². The molecule has 6 N–H and O–H groups in total. The Morgan fingerprint density at radius 3 is 2.55 bits per heavy atom. The first-order valence-electron chi connectivity index (χ1n) is 14.2. The predicted octanol–water partition coefficient (Wildman–Crippen LogP) is 4.07. The molecule has 2 atom stereocenters. The van der Waals surface area contributed by atoms with E-state index < -0.39 is 41.1 Å². The number of urea groups is 1. The molecule has 0 saturated carbocycles. The summed E-state index contributed by atoms with van der Waals surface area (Å²) < 4.78 is 14.2. The van der Waals surface area contributed by atoms with Crippen LogP contribution in [0.5, 0.6) is 0 Å². The number of rotatable bonds is 10. The highest BCUT2D eigenvalue weighted by Gasteiger charge is 2.38. The highest BCUT2D eigenvalue weighted by Crippen LogP contribution is 2.36. The number of aliphatic hydroxyl groups excluding tert-OH is 2. The van der Waals surface area contributed by atoms with Crippen LogP contribution in [0.25, 0.3) is 11.1 Å². The van der Waals surface area contributed by atoms with Gasteiger partial charge in [-0.2, -0.15) is 0 Å². The molecule has 4 amide bonds. The van der Waals surface area contributed by atoms with Crippen LogP contribution in [0.3, 0.4) is 0 Å². The first-order chi connectivity index (χ1) is 20.9. The number of fused-ring (bicyclic) bond motifs is 1. The maximum Gasteiger partial charge on any atom is 0.318 e. The quantitative estimate of drug-likeness (QED) is 0.130. The summed E-state index contributed by atoms with van der Waals surface area (Å²) in [6.07, 6.45) is -0.897. The number of nitrogens with one attached hydrogen (secondary N) is 2. The molecule has 1 aliphatic rings. The van der Waals surface area contributed by atoms with Gasteiger partial charge in [0.1, 0.15) is 5.82 Å². The van der Waals surface area contributed by atoms with Crippen molar-refractivity contribution in [2.24, 2.45) is 11.3 Å². The molecular weight excluding hydrogens is 585 g/mol. The van der Waals surface area contributed by atoms with Gasteiger partial charge in [-0.15, -0.1) is 0 Å². The van der Waals surface area contributed by atoms with Crippen LogP contribution in [0.4, 0.5) is 14.9 Å². The maximum atomic E-state index is 14.2. The van der Waals surface area contributed by atoms with Gasteiger partial charge in [-0.25, -0.2) is 15.0 Å². The summed E-state index contributed by atoms with van der Waals surface area (Å²) >= 11 is 1.02. The van der Waals surface area contributed by atoms with Crippen LogP contribution in [0.15, 0.2) is 71.6 Å². The third kappa shape index (κ3) is 8.14. The van der Waals surface area contributed by atoms with Crippen molar-refractivity contribution in [2.45, 2.75) is 56.2 Å². The highest BCUT2D eigenvalue weighted by molar-refractivity contribution is 8.00. The molecule has 0 saturated heterocycles. The van der Waals surface area contributed by atoms with Gasteiger partial charge >= 0.3 is 6.03 Å². The van der Waals surface area contributed by atoms with Crippen molar-refractivity contribution in [2.75, 3.05) is 19.0 Å². The summed E-state index contributed by atoms with van der Waals surface area (Å²) in [4.78, 5) is 41.2. The Labute approximate surface area is 260 Å². The summed E-state index contributed by atoms with van der Waals surface area (Å²) in [7, 11) is 1.54. The summed E-state index contributed by atoms with van der Waals surface area (Å²) in [5.74, 6) is 4.91. The molecule has 3 aromatic rings. The number of hydrogen-bond acceptors (Lipinski definition) is 7. The zero-order valence-corrected chi connectivity index (χ0v) is 25.7. The Balaban J connectivity index is 1.57. The van der Waals surface area contributed by atoms with E-state index in [-0.39, 0.29) is 32.0 Å². The van der Waals surface area contributed by atoms with Gasteiger partial charge in [-0.1, -0.05) is 74.1 Å². The molecule has 1 heterocycles. The van der Waals surface area contributed by atoms with Crippen molar-refractivity contribution < 1.29 is 29.0 Å². The number of aliphatic hydroxyl groups is 2. The van der Waals surface area contributed by atoms with Gasteiger partial charge in [0.05, 0.1) is 18.4 Å². The lowest BCUT2D eigenvalue weighted by Gasteiger charge is -2.32. The molecule has 0 aliphatic carbocycles. The van der Waals surface area contributed by atoms with Crippen molar-refractivity contribution in [3.63, 3.8) is 0 Å². The lowest BCUT2D eigenvalue weighted by atomic mass is 9.83. The molecule has 0 unspecified atom stereocenters. The monoisotopic (exact) mass is 623 g/mol. The van der Waals surface area contributed by atoms with Gasteiger partial charge in [-0.05, 0) is 46.7 Å². The van der Waals surface area contributed by atoms with Crippen molar-refractivity contribution >= 4 is 35.3 Å². The third-order valence-corrected chi connectivity index (χ3v) is 8.65. The second kappa shape index (κ2) is 14.2. The van der Waals surface area contributed by atoms with E-state index in [0.29, 0.717) is 10.6 Å². The number of carbonyl (C=O) groups is 3. The van der Waals surface area contributed by atoms with Gasteiger partial charge in [0.2, 0.25) is 5.91 Å². The lowest BCUT2D eigenvalue weighted by molar-refractivity contribution is -0.144. The van der Waals surface area contributed by atoms with Gasteiger partial charge in [-0.3, -0.25) is 14.6 Å². The Hall–Kier alpha value is -3.97. The highest BCUT2D eigenvalue weighted by atomic mass is 32.2. The Morgan fingerprint density at radius 2 is 1.86 bits per heavy atom. The van der Waals surface area contributed by atoms with Gasteiger partial charge < -0.3 is 25.7 Å². The van der Waals surface area contributed by atoms with Crippen LogP contribution in [-0.4, -0.2) is 63.1 Å². The van der Waals surface area contributed by atoms with E-state index in [9.17, 15) is 29.0 Å². The number of anilines is 1. The molecule has 234 valence electrons. The number of amides is 4. The average Bonchev–Trinajstić information content (AvgIpc) is 3.12. The van der Waals surface area contributed by atoms with E-state index in [2.05, 4.69) is 10.6 Å². The first-order valence-corrected chi connectivity index (χ1v) is 15.1. The molecule has 44 heavy (non-hydrogen) atoms. The van der Waals surface area contributed by atoms with E-state index >= 15 is 0 Å². The molecule has 10 nitrogen and oxygen atoms in total. The minimum atomic E-state index is -1.15. The number of hydrogen-bond donors (Lipinski definition) is 5. The SMILES string of the molecule is CNC(=O)Nc1ccccc1-c1ccc(CN2Cc3ccc(F)cc3S[C@@H](N(N)C(=O)CC(C)(C)C[C@H](O)CO)C2=O)cc1. The smallest absolute Gasteiger partial charge is 0.318 e. The Kier molecular flexibility index (Phi) is 10.6. The van der Waals surface area contributed by atoms with Gasteiger partial charge in [0.15, 0.2) is 5.37 Å². The topological polar surface area (TPSA) is 148 Å². The normalized spacial score (nSPS) is 15.7. The van der Waals surface area contributed by atoms with Crippen molar-refractivity contribution in [1.82, 2.24) is 15.2 Å². The van der Waals surface area contributed by atoms with Crippen LogP contribution < -0.4 is 16.5 Å². The molecule has 1 aliphatic heterocycles. The van der Waals surface area contributed by atoms with Gasteiger partial charge in [0.25, 0.3) is 5.91 Å². The van der Waals surface area contributed by atoms with E-state index in [0.717, 1.165) is 39.0 Å². The van der Waals surface area contributed by atoms with Crippen LogP contribution in [0, 0.1) is 11.2 Å². The molecule has 0 bridgehead atoms. The summed E-state index contributed by atoms with van der Waals surface area (Å²) in [6, 6.07) is 19.0. The Bertz CT molecular complexity index is 1500. The zero-order valence-electron chi connectivity index (χ0n) is 24.9. The van der Waals surface area contributed by atoms with Crippen molar-refractivity contribution in [3.8, 4) is 11.1 Å². The number of para-hydroxylation sites is 1. The average molecular weight is 624 g/mol. The molecular formula is C32H38FN5O5S. The molecule has 4 rings (SSSR count). The second-order valence-corrected chi connectivity index (χ2v) is 12.7. The second-order valence-electron chi connectivity index (χ2n) is 11.5. The number of thioether (sulfide) groups is 1. The maximum absolute atomic E-state index is 14.2. The zero-order chi connectivity index (χ0) is 32.0. The van der Waals surface area contributed by atoms with E-state index in [1.54, 1.807) is 31.9 Å². The fourth-order valence-electron chi connectivity index (χ4n) is 5.13. The van der Waals surface area contributed by atoms with Crippen molar-refractivity contribution in [1.29, 1.82) is 0 Å². The minimum absolute atomic E-state index is 0.0708. The van der Waals surface area contributed by atoms with Crippen LogP contribution >= 0.6 is 11.8 Å². The summed E-state index contributed by atoms with van der Waals surface area (Å²) in [5.41, 5.74) is 3.19. The van der Waals surface area contributed by atoms with Crippen molar-refractivity contribution in [3.05, 3.63) is 83.7 Å². The van der Waals surface area contributed by atoms with Crippen LogP contribution in [0.2, 0.25) is 0 Å². The summed E-state index contributed by atoms with van der Waals surface area (Å²) in [6.45, 7) is 3.51. The van der Waals surface area contributed by atoms with Crippen LogP contribution in [-0.2, 0) is 22.7 Å². The molecule has 0 spiro atoms. The number of benzene rings is 3. The number of halogens is 1. The summed E-state index contributed by atoms with van der Waals surface area (Å²) in [5, 5.41) is 24.2. The number of hydrazine groups is 1. The molecule has 0 radical (unpaired) electrons. The van der Waals surface area contributed by atoms with E-state index in [1.807, 2.05) is 48.5 Å².